The van der Waals surface area contributed by atoms with E-state index < -0.39 is 26.5 Å². The molecule has 0 fully saturated rings. The lowest BCUT2D eigenvalue weighted by Gasteiger charge is -2.46. The van der Waals surface area contributed by atoms with Gasteiger partial charge in [0, 0.05) is 0 Å². The average Bonchev–Trinajstić information content (AvgIpc) is 2.92. The zero-order valence-electron chi connectivity index (χ0n) is 25.0. The minimum atomic E-state index is -2.20. The SMILES string of the molecule is CCCC[C@@H]1[C@@H](O[Si](C)(C)C(C)(C)C)C/C=C\CN(C(=O)OCc2ccccc2)N1C(=O)OCc1ccccc1. The topological polar surface area (TPSA) is 68.3 Å². The third kappa shape index (κ3) is 8.70. The summed E-state index contributed by atoms with van der Waals surface area (Å²) in [4.78, 5) is 27.5. The molecule has 0 radical (unpaired) electrons. The van der Waals surface area contributed by atoms with Gasteiger partial charge in [0.05, 0.1) is 18.7 Å². The van der Waals surface area contributed by atoms with Gasteiger partial charge < -0.3 is 13.9 Å². The van der Waals surface area contributed by atoms with Crippen molar-refractivity contribution in [2.45, 2.75) is 96.9 Å². The Labute approximate surface area is 241 Å². The fourth-order valence-corrected chi connectivity index (χ4v) is 5.73. The first-order valence-corrected chi connectivity index (χ1v) is 17.2. The summed E-state index contributed by atoms with van der Waals surface area (Å²) in [5.74, 6) is 0. The second-order valence-corrected chi connectivity index (χ2v) is 16.6. The van der Waals surface area contributed by atoms with Crippen LogP contribution in [0.4, 0.5) is 9.59 Å². The smallest absolute Gasteiger partial charge is 0.429 e. The third-order valence-corrected chi connectivity index (χ3v) is 12.2. The molecule has 2 atom stereocenters. The highest BCUT2D eigenvalue weighted by molar-refractivity contribution is 6.74. The van der Waals surface area contributed by atoms with Gasteiger partial charge in [-0.15, -0.1) is 0 Å². The van der Waals surface area contributed by atoms with Gasteiger partial charge in [0.1, 0.15) is 13.2 Å². The minimum Gasteiger partial charge on any atom is -0.443 e. The molecule has 0 aromatic heterocycles. The van der Waals surface area contributed by atoms with Crippen molar-refractivity contribution in [3.63, 3.8) is 0 Å². The van der Waals surface area contributed by atoms with E-state index in [4.69, 9.17) is 13.9 Å². The van der Waals surface area contributed by atoms with Crippen molar-refractivity contribution in [1.82, 2.24) is 10.0 Å². The number of unbranched alkanes of at least 4 members (excludes halogenated alkanes) is 1. The second kappa shape index (κ2) is 14.5. The maximum absolute atomic E-state index is 13.9. The molecule has 0 saturated heterocycles. The number of hydrogen-bond donors (Lipinski definition) is 0. The highest BCUT2D eigenvalue weighted by atomic mass is 28.4. The molecule has 1 heterocycles. The number of ether oxygens (including phenoxy) is 2. The van der Waals surface area contributed by atoms with Gasteiger partial charge in [0.2, 0.25) is 0 Å². The summed E-state index contributed by atoms with van der Waals surface area (Å²) in [6, 6.07) is 18.7. The van der Waals surface area contributed by atoms with Gasteiger partial charge >= 0.3 is 12.2 Å². The highest BCUT2D eigenvalue weighted by Gasteiger charge is 2.45. The zero-order valence-corrected chi connectivity index (χ0v) is 26.0. The number of carbonyl (C=O) groups excluding carboxylic acids is 2. The Bertz CT molecular complexity index is 1100. The number of rotatable bonds is 9. The number of benzene rings is 2. The van der Waals surface area contributed by atoms with Crippen molar-refractivity contribution in [2.24, 2.45) is 0 Å². The molecule has 218 valence electrons. The Morgan fingerprint density at radius 3 is 1.95 bits per heavy atom. The Morgan fingerprint density at radius 2 is 1.43 bits per heavy atom. The van der Waals surface area contributed by atoms with Crippen LogP contribution in [0.5, 0.6) is 0 Å². The monoisotopic (exact) mass is 566 g/mol. The van der Waals surface area contributed by atoms with Crippen LogP contribution in [0.3, 0.4) is 0 Å². The summed E-state index contributed by atoms with van der Waals surface area (Å²) in [7, 11) is -2.20. The molecule has 3 rings (SSSR count). The van der Waals surface area contributed by atoms with Crippen molar-refractivity contribution in [2.75, 3.05) is 6.54 Å². The van der Waals surface area contributed by atoms with E-state index in [1.54, 1.807) is 0 Å². The van der Waals surface area contributed by atoms with Crippen LogP contribution in [0, 0.1) is 0 Å². The average molecular weight is 567 g/mol. The Kier molecular flexibility index (Phi) is 11.4. The van der Waals surface area contributed by atoms with E-state index in [1.165, 1.54) is 10.0 Å². The van der Waals surface area contributed by atoms with Gasteiger partial charge in [0.25, 0.3) is 0 Å². The van der Waals surface area contributed by atoms with E-state index in [0.29, 0.717) is 12.8 Å². The number of carbonyl (C=O) groups is 2. The lowest BCUT2D eigenvalue weighted by Crippen LogP contribution is -2.60. The van der Waals surface area contributed by atoms with Crippen molar-refractivity contribution in [3.05, 3.63) is 83.9 Å². The second-order valence-electron chi connectivity index (χ2n) is 11.8. The van der Waals surface area contributed by atoms with Crippen LogP contribution in [0.15, 0.2) is 72.8 Å². The van der Waals surface area contributed by atoms with Gasteiger partial charge in [0.15, 0.2) is 8.32 Å². The van der Waals surface area contributed by atoms with Crippen molar-refractivity contribution in [1.29, 1.82) is 0 Å². The highest BCUT2D eigenvalue weighted by Crippen LogP contribution is 2.39. The Morgan fingerprint density at radius 1 is 0.875 bits per heavy atom. The molecule has 0 bridgehead atoms. The van der Waals surface area contributed by atoms with E-state index in [9.17, 15) is 9.59 Å². The first kappa shape index (κ1) is 31.4. The molecule has 2 amide bonds. The summed E-state index contributed by atoms with van der Waals surface area (Å²) in [5.41, 5.74) is 1.75. The fourth-order valence-electron chi connectivity index (χ4n) is 4.37. The summed E-state index contributed by atoms with van der Waals surface area (Å²) >= 11 is 0. The predicted octanol–water partition coefficient (Wildman–Crippen LogP) is 8.09. The molecular formula is C32H46N2O5Si. The molecule has 0 unspecified atom stereocenters. The molecule has 1 aliphatic rings. The number of hydrogen-bond acceptors (Lipinski definition) is 5. The van der Waals surface area contributed by atoms with Gasteiger partial charge in [-0.2, -0.15) is 0 Å². The van der Waals surface area contributed by atoms with Crippen LogP contribution in [-0.4, -0.2) is 49.2 Å². The van der Waals surface area contributed by atoms with Gasteiger partial charge in [-0.25, -0.2) is 19.6 Å². The van der Waals surface area contributed by atoms with E-state index in [0.717, 1.165) is 24.0 Å². The predicted molar refractivity (Wildman–Crippen MR) is 161 cm³/mol. The summed E-state index contributed by atoms with van der Waals surface area (Å²) < 4.78 is 18.5. The van der Waals surface area contributed by atoms with Crippen LogP contribution in [0.25, 0.3) is 0 Å². The quantitative estimate of drug-likeness (QED) is 0.227. The standard InChI is InChI=1S/C32H46N2O5Si/c1-7-8-21-28-29(39-40(5,6)32(2,3)4)22-15-16-23-33(30(35)37-24-26-17-11-9-12-18-26)34(28)31(36)38-25-27-19-13-10-14-20-27/h9-20,28-29H,7-8,21-25H2,1-6H3/b16-15-/t28-,29+/m1/s1. The summed E-state index contributed by atoms with van der Waals surface area (Å²) in [5, 5.41) is 2.85. The van der Waals surface area contributed by atoms with Crippen LogP contribution in [-0.2, 0) is 27.1 Å². The molecule has 2 aromatic rings. The molecule has 0 N–H and O–H groups in total. The Balaban J connectivity index is 1.96. The van der Waals surface area contributed by atoms with Gasteiger partial charge in [-0.1, -0.05) is 113 Å². The molecule has 2 aromatic carbocycles. The maximum Gasteiger partial charge on any atom is 0.429 e. The molecule has 0 spiro atoms. The van der Waals surface area contributed by atoms with Crippen LogP contribution in [0.2, 0.25) is 18.1 Å². The van der Waals surface area contributed by atoms with Crippen molar-refractivity contribution < 1.29 is 23.5 Å². The molecule has 0 saturated carbocycles. The number of nitrogens with zero attached hydrogens (tertiary/aromatic N) is 2. The third-order valence-electron chi connectivity index (χ3n) is 7.73. The number of amides is 2. The molecule has 0 aliphatic carbocycles. The van der Waals surface area contributed by atoms with E-state index in [1.807, 2.05) is 66.7 Å². The molecular weight excluding hydrogens is 520 g/mol. The summed E-state index contributed by atoms with van der Waals surface area (Å²) in [6.45, 7) is 13.6. The summed E-state index contributed by atoms with van der Waals surface area (Å²) in [6.07, 6.45) is 5.63. The largest absolute Gasteiger partial charge is 0.443 e. The lowest BCUT2D eigenvalue weighted by molar-refractivity contribution is -0.0736. The van der Waals surface area contributed by atoms with E-state index >= 15 is 0 Å². The molecule has 1 aliphatic heterocycles. The molecule has 8 heteroatoms. The van der Waals surface area contributed by atoms with Crippen LogP contribution >= 0.6 is 0 Å². The van der Waals surface area contributed by atoms with Gasteiger partial charge in [-0.3, -0.25) is 0 Å². The Hall–Kier alpha value is -3.10. The molecule has 40 heavy (non-hydrogen) atoms. The fraction of sp³-hybridized carbons (Fsp3) is 0.500. The van der Waals surface area contributed by atoms with Crippen LogP contribution < -0.4 is 0 Å². The zero-order chi connectivity index (χ0) is 29.2. The number of hydrazine groups is 1. The maximum atomic E-state index is 13.9. The van der Waals surface area contributed by atoms with Crippen LogP contribution in [0.1, 0.15) is 64.5 Å². The lowest BCUT2D eigenvalue weighted by atomic mass is 10.00. The van der Waals surface area contributed by atoms with Crippen molar-refractivity contribution in [3.8, 4) is 0 Å². The van der Waals surface area contributed by atoms with Crippen molar-refractivity contribution >= 4 is 20.5 Å². The minimum absolute atomic E-state index is 0.0126. The molecule has 7 nitrogen and oxygen atoms in total. The van der Waals surface area contributed by atoms with E-state index in [2.05, 4.69) is 46.9 Å². The van der Waals surface area contributed by atoms with E-state index in [-0.39, 0.29) is 30.9 Å². The first-order chi connectivity index (χ1) is 19.0. The normalized spacial score (nSPS) is 18.9. The van der Waals surface area contributed by atoms with Gasteiger partial charge in [-0.05, 0) is 42.1 Å². The first-order valence-electron chi connectivity index (χ1n) is 14.3.